The van der Waals surface area contributed by atoms with Gasteiger partial charge in [0.1, 0.15) is 5.75 Å². The number of para-hydroxylation sites is 1. The van der Waals surface area contributed by atoms with E-state index in [1.165, 1.54) is 21.3 Å². The Morgan fingerprint density at radius 2 is 1.35 bits per heavy atom. The lowest BCUT2D eigenvalue weighted by Gasteiger charge is -2.36. The molecule has 31 heavy (non-hydrogen) atoms. The van der Waals surface area contributed by atoms with E-state index in [1.807, 2.05) is 6.07 Å². The van der Waals surface area contributed by atoms with Gasteiger partial charge in [0.05, 0.1) is 38.9 Å². The number of Topliss-reactive ketones (excluding diaryl/α,β-unsaturated/α-hetero) is 2. The molecule has 0 aliphatic heterocycles. The Morgan fingerprint density at radius 3 is 1.90 bits per heavy atom. The van der Waals surface area contributed by atoms with Gasteiger partial charge in [0.2, 0.25) is 5.75 Å². The van der Waals surface area contributed by atoms with Crippen molar-refractivity contribution < 1.29 is 28.2 Å². The molecule has 0 aromatic heterocycles. The maximum absolute atomic E-state index is 13.1. The van der Waals surface area contributed by atoms with Crippen LogP contribution in [-0.2, 0) is 0 Å². The van der Waals surface area contributed by atoms with E-state index >= 15 is 0 Å². The second-order valence-corrected chi connectivity index (χ2v) is 13.5. The predicted molar refractivity (Wildman–Crippen MR) is 124 cm³/mol. The zero-order valence-corrected chi connectivity index (χ0v) is 20.6. The molecule has 0 heterocycles. The minimum atomic E-state index is -2.15. The number of ketones is 2. The van der Waals surface area contributed by atoms with E-state index in [4.69, 9.17) is 18.6 Å². The van der Waals surface area contributed by atoms with E-state index in [0.29, 0.717) is 22.8 Å². The van der Waals surface area contributed by atoms with Crippen molar-refractivity contribution in [3.63, 3.8) is 0 Å². The first-order valence-corrected chi connectivity index (χ1v) is 13.0. The molecule has 2 rings (SSSR count). The van der Waals surface area contributed by atoms with Crippen molar-refractivity contribution in [2.45, 2.75) is 45.3 Å². The number of rotatable bonds is 9. The lowest BCUT2D eigenvalue weighted by Crippen LogP contribution is -2.44. The van der Waals surface area contributed by atoms with Crippen LogP contribution in [0.4, 0.5) is 0 Å². The second kappa shape index (κ2) is 9.56. The number of hydrogen-bond donors (Lipinski definition) is 0. The number of carbonyl (C=O) groups excluding carboxylic acids is 2. The van der Waals surface area contributed by atoms with Crippen molar-refractivity contribution >= 4 is 19.9 Å². The Hall–Kier alpha value is -2.80. The van der Waals surface area contributed by atoms with E-state index in [2.05, 4.69) is 33.9 Å². The van der Waals surface area contributed by atoms with Crippen molar-refractivity contribution in [3.05, 3.63) is 47.5 Å². The van der Waals surface area contributed by atoms with E-state index < -0.39 is 8.32 Å². The summed E-state index contributed by atoms with van der Waals surface area (Å²) in [6.45, 7) is 10.6. The van der Waals surface area contributed by atoms with Gasteiger partial charge >= 0.3 is 0 Å². The molecule has 0 amide bonds. The molecule has 0 saturated heterocycles. The molecule has 0 saturated carbocycles. The van der Waals surface area contributed by atoms with Gasteiger partial charge in [-0.05, 0) is 42.4 Å². The standard InChI is InChI=1S/C24H32O6Si/c1-24(2,3)31(7,8)30-20-12-10-9-11-16(20)18(25)15-19(26)17-13-14-21(27-4)23(29-6)22(17)28-5/h9-14H,15H2,1-8H3. The van der Waals surface area contributed by atoms with Crippen LogP contribution in [0.5, 0.6) is 23.0 Å². The van der Waals surface area contributed by atoms with Crippen LogP contribution >= 0.6 is 0 Å². The largest absolute Gasteiger partial charge is 0.543 e. The van der Waals surface area contributed by atoms with Gasteiger partial charge in [0.15, 0.2) is 23.1 Å². The highest BCUT2D eigenvalue weighted by molar-refractivity contribution is 6.74. The Kier molecular flexibility index (Phi) is 7.54. The Balaban J connectivity index is 2.34. The van der Waals surface area contributed by atoms with Gasteiger partial charge in [-0.25, -0.2) is 0 Å². The molecule has 0 bridgehead atoms. The van der Waals surface area contributed by atoms with Crippen LogP contribution < -0.4 is 18.6 Å². The van der Waals surface area contributed by atoms with Crippen LogP contribution in [0.15, 0.2) is 36.4 Å². The van der Waals surface area contributed by atoms with Crippen LogP contribution in [0, 0.1) is 0 Å². The maximum Gasteiger partial charge on any atom is 0.250 e. The van der Waals surface area contributed by atoms with Crippen LogP contribution in [0.25, 0.3) is 0 Å². The molecule has 6 nitrogen and oxygen atoms in total. The van der Waals surface area contributed by atoms with Gasteiger partial charge in [0.25, 0.3) is 8.32 Å². The van der Waals surface area contributed by atoms with Crippen LogP contribution in [0.2, 0.25) is 18.1 Å². The minimum Gasteiger partial charge on any atom is -0.543 e. The first-order valence-electron chi connectivity index (χ1n) is 10.1. The number of benzene rings is 2. The smallest absolute Gasteiger partial charge is 0.250 e. The van der Waals surface area contributed by atoms with Gasteiger partial charge < -0.3 is 18.6 Å². The van der Waals surface area contributed by atoms with E-state index in [-0.39, 0.29) is 34.3 Å². The Morgan fingerprint density at radius 1 is 0.774 bits per heavy atom. The third-order valence-electron chi connectivity index (χ3n) is 5.68. The highest BCUT2D eigenvalue weighted by Gasteiger charge is 2.39. The molecular weight excluding hydrogens is 412 g/mol. The normalized spacial score (nSPS) is 11.6. The average Bonchev–Trinajstić information content (AvgIpc) is 2.71. The first kappa shape index (κ1) is 24.5. The van der Waals surface area contributed by atoms with Gasteiger partial charge in [-0.3, -0.25) is 9.59 Å². The summed E-state index contributed by atoms with van der Waals surface area (Å²) in [4.78, 5) is 26.1. The van der Waals surface area contributed by atoms with Crippen molar-refractivity contribution in [1.29, 1.82) is 0 Å². The molecule has 0 aliphatic rings. The monoisotopic (exact) mass is 444 g/mol. The van der Waals surface area contributed by atoms with Crippen molar-refractivity contribution in [3.8, 4) is 23.0 Å². The maximum atomic E-state index is 13.1. The summed E-state index contributed by atoms with van der Waals surface area (Å²) in [5, 5.41) is -0.0218. The first-order chi connectivity index (χ1) is 14.5. The summed E-state index contributed by atoms with van der Waals surface area (Å²) >= 11 is 0. The fourth-order valence-electron chi connectivity index (χ4n) is 2.87. The van der Waals surface area contributed by atoms with Crippen molar-refractivity contribution in [1.82, 2.24) is 0 Å². The van der Waals surface area contributed by atoms with Gasteiger partial charge in [-0.2, -0.15) is 0 Å². The fraction of sp³-hybridized carbons (Fsp3) is 0.417. The van der Waals surface area contributed by atoms with E-state index in [1.54, 1.807) is 30.3 Å². The Bertz CT molecular complexity index is 959. The molecule has 0 spiro atoms. The lowest BCUT2D eigenvalue weighted by molar-refractivity contribution is 0.0891. The molecule has 0 unspecified atom stereocenters. The van der Waals surface area contributed by atoms with Crippen molar-refractivity contribution in [2.75, 3.05) is 21.3 Å². The van der Waals surface area contributed by atoms with Crippen LogP contribution in [-0.4, -0.2) is 41.2 Å². The van der Waals surface area contributed by atoms with E-state index in [9.17, 15) is 9.59 Å². The summed E-state index contributed by atoms with van der Waals surface area (Å²) in [6, 6.07) is 10.3. The zero-order valence-electron chi connectivity index (χ0n) is 19.6. The predicted octanol–water partition coefficient (Wildman–Crippen LogP) is 5.55. The molecule has 0 fully saturated rings. The summed E-state index contributed by atoms with van der Waals surface area (Å²) in [5.41, 5.74) is 0.663. The van der Waals surface area contributed by atoms with Gasteiger partial charge in [0, 0.05) is 0 Å². The highest BCUT2D eigenvalue weighted by atomic mass is 28.4. The molecular formula is C24H32O6Si. The molecule has 7 heteroatoms. The van der Waals surface area contributed by atoms with Crippen LogP contribution in [0.1, 0.15) is 47.9 Å². The molecule has 0 aliphatic carbocycles. The van der Waals surface area contributed by atoms with E-state index in [0.717, 1.165) is 0 Å². The number of hydrogen-bond acceptors (Lipinski definition) is 6. The minimum absolute atomic E-state index is 0.0218. The second-order valence-electron chi connectivity index (χ2n) is 8.76. The van der Waals surface area contributed by atoms with Crippen LogP contribution in [0.3, 0.4) is 0 Å². The summed E-state index contributed by atoms with van der Waals surface area (Å²) in [7, 11) is 2.26. The summed E-state index contributed by atoms with van der Waals surface area (Å²) < 4.78 is 22.4. The lowest BCUT2D eigenvalue weighted by atomic mass is 10.00. The quantitative estimate of drug-likeness (QED) is 0.287. The van der Waals surface area contributed by atoms with Gasteiger partial charge in [-0.15, -0.1) is 0 Å². The molecule has 2 aromatic carbocycles. The topological polar surface area (TPSA) is 71.1 Å². The highest BCUT2D eigenvalue weighted by Crippen LogP contribution is 2.41. The molecule has 168 valence electrons. The Labute approximate surface area is 185 Å². The SMILES string of the molecule is COc1ccc(C(=O)CC(=O)c2ccccc2O[Si](C)(C)C(C)(C)C)c(OC)c1OC. The summed E-state index contributed by atoms with van der Waals surface area (Å²) in [5.74, 6) is 0.831. The molecule has 2 aromatic rings. The third-order valence-corrected chi connectivity index (χ3v) is 10.0. The molecule has 0 atom stereocenters. The zero-order chi connectivity index (χ0) is 23.4. The van der Waals surface area contributed by atoms with Gasteiger partial charge in [-0.1, -0.05) is 32.9 Å². The number of ether oxygens (including phenoxy) is 3. The fourth-order valence-corrected chi connectivity index (χ4v) is 3.91. The average molecular weight is 445 g/mol. The third kappa shape index (κ3) is 5.28. The number of methoxy groups -OCH3 is 3. The summed E-state index contributed by atoms with van der Waals surface area (Å²) in [6.07, 6.45) is -0.316. The molecule has 0 radical (unpaired) electrons. The van der Waals surface area contributed by atoms with Crippen molar-refractivity contribution in [2.24, 2.45) is 0 Å². The molecule has 0 N–H and O–H groups in total. The number of carbonyl (C=O) groups is 2.